The Balaban J connectivity index is 2.04. The molecule has 2 aromatic carbocycles. The third-order valence-electron chi connectivity index (χ3n) is 6.28. The third kappa shape index (κ3) is 2.89. The Morgan fingerprint density at radius 3 is 2.62 bits per heavy atom. The van der Waals surface area contributed by atoms with Crippen molar-refractivity contribution < 1.29 is 9.59 Å². The minimum absolute atomic E-state index is 0.0181. The van der Waals surface area contributed by atoms with Crippen LogP contribution in [0.1, 0.15) is 36.8 Å². The predicted octanol–water partition coefficient (Wildman–Crippen LogP) is 5.16. The first-order valence-corrected chi connectivity index (χ1v) is 10.4. The van der Waals surface area contributed by atoms with E-state index in [2.05, 4.69) is 11.9 Å². The van der Waals surface area contributed by atoms with E-state index in [-0.39, 0.29) is 24.2 Å². The normalized spacial score (nSPS) is 25.9. The van der Waals surface area contributed by atoms with Crippen molar-refractivity contribution >= 4 is 40.7 Å². The number of carbonyl (C=O) groups excluding carboxylic acids is 2. The van der Waals surface area contributed by atoms with Crippen LogP contribution in [0.4, 0.5) is 5.69 Å². The second-order valence-corrected chi connectivity index (χ2v) is 8.62. The molecular weight excluding hydrogens is 407 g/mol. The number of amides is 2. The number of nitrogens with zero attached hydrogens (tertiary/aromatic N) is 1. The first kappa shape index (κ1) is 20.0. The van der Waals surface area contributed by atoms with Gasteiger partial charge in [-0.2, -0.15) is 0 Å². The monoisotopic (exact) mass is 428 g/mol. The number of rotatable bonds is 3. The Bertz CT molecular complexity index is 1040. The summed E-state index contributed by atoms with van der Waals surface area (Å²) >= 11 is 12.5. The van der Waals surface area contributed by atoms with Gasteiger partial charge in [-0.05, 0) is 41.8 Å². The van der Waals surface area contributed by atoms with Gasteiger partial charge in [0.2, 0.25) is 11.8 Å². The lowest BCUT2D eigenvalue weighted by Gasteiger charge is -2.51. The van der Waals surface area contributed by atoms with Crippen LogP contribution < -0.4 is 5.32 Å². The molecule has 0 aromatic heterocycles. The van der Waals surface area contributed by atoms with E-state index in [0.717, 1.165) is 16.7 Å². The number of benzene rings is 2. The highest BCUT2D eigenvalue weighted by atomic mass is 35.5. The van der Waals surface area contributed by atoms with E-state index in [1.54, 1.807) is 30.1 Å². The van der Waals surface area contributed by atoms with Crippen LogP contribution in [0.25, 0.3) is 0 Å². The van der Waals surface area contributed by atoms with Gasteiger partial charge in [0.1, 0.15) is 5.41 Å². The number of halogens is 2. The molecule has 4 rings (SSSR count). The SMILES string of the molecule is C=C(CC)[C@@H]1N(C)C(=O)C[C@H](c2cccc(Cl)c2)[C@@]12C(=O)Nc1cc(Cl)ccc12. The van der Waals surface area contributed by atoms with Gasteiger partial charge >= 0.3 is 0 Å². The maximum atomic E-state index is 13.7. The standard InChI is InChI=1S/C23H22Cl2N2O2/c1-4-13(2)21-23(17-9-8-16(25)11-19(17)26-22(23)29)18(12-20(28)27(21)3)14-6-5-7-15(24)10-14/h5-11,18,21H,2,4,12H2,1,3H3,(H,26,29)/t18-,21+,23-/m1/s1. The number of piperidine rings is 1. The summed E-state index contributed by atoms with van der Waals surface area (Å²) in [7, 11) is 1.75. The zero-order chi connectivity index (χ0) is 20.9. The van der Waals surface area contributed by atoms with Crippen LogP contribution in [-0.2, 0) is 15.0 Å². The summed E-state index contributed by atoms with van der Waals surface area (Å²) in [6, 6.07) is 12.4. The van der Waals surface area contributed by atoms with Gasteiger partial charge in [0, 0.05) is 35.1 Å². The summed E-state index contributed by atoms with van der Waals surface area (Å²) in [5.74, 6) is -0.533. The van der Waals surface area contributed by atoms with Crippen molar-refractivity contribution in [3.63, 3.8) is 0 Å². The number of carbonyl (C=O) groups is 2. The average Bonchev–Trinajstić information content (AvgIpc) is 2.96. The molecule has 3 atom stereocenters. The van der Waals surface area contributed by atoms with Gasteiger partial charge < -0.3 is 10.2 Å². The molecule has 0 saturated carbocycles. The third-order valence-corrected chi connectivity index (χ3v) is 6.75. The van der Waals surface area contributed by atoms with E-state index in [0.29, 0.717) is 22.2 Å². The van der Waals surface area contributed by atoms with Crippen molar-refractivity contribution in [3.8, 4) is 0 Å². The fourth-order valence-electron chi connectivity index (χ4n) is 4.96. The van der Waals surface area contributed by atoms with Crippen LogP contribution in [0, 0.1) is 0 Å². The van der Waals surface area contributed by atoms with E-state index in [1.807, 2.05) is 31.2 Å². The van der Waals surface area contributed by atoms with Crippen molar-refractivity contribution in [3.05, 3.63) is 75.8 Å². The van der Waals surface area contributed by atoms with Gasteiger partial charge in [-0.1, -0.05) is 60.5 Å². The van der Waals surface area contributed by atoms with Crippen LogP contribution in [0.5, 0.6) is 0 Å². The first-order valence-electron chi connectivity index (χ1n) is 9.61. The highest BCUT2D eigenvalue weighted by molar-refractivity contribution is 6.31. The molecule has 4 nitrogen and oxygen atoms in total. The lowest BCUT2D eigenvalue weighted by atomic mass is 9.58. The minimum atomic E-state index is -1.000. The van der Waals surface area contributed by atoms with Gasteiger partial charge in [0.25, 0.3) is 0 Å². The molecule has 29 heavy (non-hydrogen) atoms. The molecule has 1 saturated heterocycles. The quantitative estimate of drug-likeness (QED) is 0.685. The Kier molecular flexibility index (Phi) is 4.96. The lowest BCUT2D eigenvalue weighted by Crippen LogP contribution is -2.62. The van der Waals surface area contributed by atoms with E-state index < -0.39 is 11.5 Å². The van der Waals surface area contributed by atoms with Gasteiger partial charge in [0.15, 0.2) is 0 Å². The van der Waals surface area contributed by atoms with Crippen LogP contribution in [-0.4, -0.2) is 29.8 Å². The molecule has 0 aliphatic carbocycles. The molecule has 2 aliphatic heterocycles. The largest absolute Gasteiger partial charge is 0.338 e. The van der Waals surface area contributed by atoms with Gasteiger partial charge in [-0.3, -0.25) is 9.59 Å². The molecule has 1 N–H and O–H groups in total. The molecule has 0 unspecified atom stereocenters. The molecule has 2 aromatic rings. The fraction of sp³-hybridized carbons (Fsp3) is 0.304. The second kappa shape index (κ2) is 7.19. The minimum Gasteiger partial charge on any atom is -0.338 e. The van der Waals surface area contributed by atoms with Crippen molar-refractivity contribution in [2.24, 2.45) is 0 Å². The molecule has 6 heteroatoms. The smallest absolute Gasteiger partial charge is 0.238 e. The topological polar surface area (TPSA) is 49.4 Å². The van der Waals surface area contributed by atoms with Crippen LogP contribution in [0.2, 0.25) is 10.0 Å². The first-order chi connectivity index (χ1) is 13.8. The molecular formula is C23H22Cl2N2O2. The second-order valence-electron chi connectivity index (χ2n) is 7.74. The Morgan fingerprint density at radius 2 is 1.93 bits per heavy atom. The summed E-state index contributed by atoms with van der Waals surface area (Å²) in [6.45, 7) is 6.24. The summed E-state index contributed by atoms with van der Waals surface area (Å²) < 4.78 is 0. The molecule has 2 aliphatic rings. The Hall–Kier alpha value is -2.30. The van der Waals surface area contributed by atoms with E-state index in [4.69, 9.17) is 23.2 Å². The lowest BCUT2D eigenvalue weighted by molar-refractivity contribution is -0.141. The van der Waals surface area contributed by atoms with Gasteiger partial charge in [-0.15, -0.1) is 0 Å². The Labute approximate surface area is 180 Å². The number of fused-ring (bicyclic) bond motifs is 2. The summed E-state index contributed by atoms with van der Waals surface area (Å²) in [5.41, 5.74) is 2.23. The molecule has 2 heterocycles. The average molecular weight is 429 g/mol. The van der Waals surface area contributed by atoms with Crippen LogP contribution in [0.15, 0.2) is 54.6 Å². The number of anilines is 1. The molecule has 0 bridgehead atoms. The van der Waals surface area contributed by atoms with Crippen molar-refractivity contribution in [1.82, 2.24) is 4.90 Å². The number of hydrogen-bond donors (Lipinski definition) is 1. The van der Waals surface area contributed by atoms with Gasteiger partial charge in [-0.25, -0.2) is 0 Å². The van der Waals surface area contributed by atoms with Crippen LogP contribution >= 0.6 is 23.2 Å². The molecule has 1 fully saturated rings. The number of likely N-dealkylation sites (N-methyl/N-ethyl adjacent to an activating group) is 1. The van der Waals surface area contributed by atoms with Crippen molar-refractivity contribution in [2.75, 3.05) is 12.4 Å². The van der Waals surface area contributed by atoms with E-state index in [9.17, 15) is 9.59 Å². The van der Waals surface area contributed by atoms with Crippen molar-refractivity contribution in [1.29, 1.82) is 0 Å². The fourth-order valence-corrected chi connectivity index (χ4v) is 5.33. The summed E-state index contributed by atoms with van der Waals surface area (Å²) in [5, 5.41) is 4.14. The summed E-state index contributed by atoms with van der Waals surface area (Å²) in [6.07, 6.45) is 0.863. The maximum Gasteiger partial charge on any atom is 0.238 e. The predicted molar refractivity (Wildman–Crippen MR) is 117 cm³/mol. The zero-order valence-corrected chi connectivity index (χ0v) is 17.8. The zero-order valence-electron chi connectivity index (χ0n) is 16.3. The van der Waals surface area contributed by atoms with Crippen molar-refractivity contribution in [2.45, 2.75) is 37.1 Å². The number of nitrogens with one attached hydrogen (secondary N) is 1. The van der Waals surface area contributed by atoms with Crippen LogP contribution in [0.3, 0.4) is 0 Å². The number of likely N-dealkylation sites (tertiary alicyclic amines) is 1. The summed E-state index contributed by atoms with van der Waals surface area (Å²) in [4.78, 5) is 28.4. The molecule has 2 amide bonds. The maximum absolute atomic E-state index is 13.7. The molecule has 150 valence electrons. The molecule has 1 spiro atoms. The van der Waals surface area contributed by atoms with E-state index in [1.165, 1.54) is 0 Å². The highest BCUT2D eigenvalue weighted by Crippen LogP contribution is 2.56. The molecule has 0 radical (unpaired) electrons. The van der Waals surface area contributed by atoms with Gasteiger partial charge in [0.05, 0.1) is 6.04 Å². The highest BCUT2D eigenvalue weighted by Gasteiger charge is 2.62. The van der Waals surface area contributed by atoms with E-state index >= 15 is 0 Å². The number of hydrogen-bond acceptors (Lipinski definition) is 2. The Morgan fingerprint density at radius 1 is 1.21 bits per heavy atom.